The van der Waals surface area contributed by atoms with Crippen molar-refractivity contribution >= 4 is 28.8 Å². The van der Waals surface area contributed by atoms with Crippen LogP contribution in [0.1, 0.15) is 30.1 Å². The van der Waals surface area contributed by atoms with Gasteiger partial charge < -0.3 is 14.7 Å². The Kier molecular flexibility index (Phi) is 5.40. The maximum absolute atomic E-state index is 12.9. The van der Waals surface area contributed by atoms with Crippen LogP contribution in [-0.4, -0.2) is 48.5 Å². The van der Waals surface area contributed by atoms with Gasteiger partial charge in [0.2, 0.25) is 0 Å². The molecule has 0 saturated heterocycles. The third-order valence-corrected chi connectivity index (χ3v) is 5.78. The number of hydrogen-bond acceptors (Lipinski definition) is 5. The minimum Gasteiger partial charge on any atom is -0.465 e. The minimum absolute atomic E-state index is 0.155. The number of carboxylic acid groups (broad SMARTS) is 1. The summed E-state index contributed by atoms with van der Waals surface area (Å²) in [6.07, 6.45) is 4.59. The lowest BCUT2D eigenvalue weighted by atomic mass is 10.2. The molecule has 0 radical (unpaired) electrons. The van der Waals surface area contributed by atoms with Gasteiger partial charge in [-0.25, -0.2) is 9.59 Å². The lowest BCUT2D eigenvalue weighted by Crippen LogP contribution is -2.24. The number of aryl methyl sites for hydroxylation is 1. The van der Waals surface area contributed by atoms with E-state index in [-0.39, 0.29) is 12.6 Å². The van der Waals surface area contributed by atoms with Gasteiger partial charge in [0.15, 0.2) is 5.82 Å². The molecule has 1 fully saturated rings. The van der Waals surface area contributed by atoms with Crippen molar-refractivity contribution in [2.24, 2.45) is 7.05 Å². The van der Waals surface area contributed by atoms with E-state index in [1.54, 1.807) is 30.6 Å². The molecule has 0 unspecified atom stereocenters. The number of rotatable bonds is 6. The first-order chi connectivity index (χ1) is 16.4. The summed E-state index contributed by atoms with van der Waals surface area (Å²) in [7, 11) is 3.37. The second-order valence-corrected chi connectivity index (χ2v) is 8.41. The summed E-state index contributed by atoms with van der Waals surface area (Å²) < 4.78 is 9.32. The van der Waals surface area contributed by atoms with Crippen LogP contribution in [0, 0.1) is 0 Å². The number of nitrogens with one attached hydrogen (secondary N) is 1. The molecular weight excluding hydrogens is 436 g/mol. The van der Waals surface area contributed by atoms with Gasteiger partial charge in [-0.2, -0.15) is 5.10 Å². The predicted molar refractivity (Wildman–Crippen MR) is 125 cm³/mol. The van der Waals surface area contributed by atoms with E-state index < -0.39 is 6.09 Å². The van der Waals surface area contributed by atoms with Crippen molar-refractivity contribution in [3.63, 3.8) is 0 Å². The standard InChI is InChI=1S/C24H24N6O4/c1-28(24(32)33)14-17-12-19(7-9-25-17)34-18-5-6-20-16(11-18)8-10-30(20)23(31)26-22-13-21(15-3-4-15)29(2)27-22/h5-13,15H,3-4,14H2,1-2H3,(H,32,33)(H,26,27,31). The van der Waals surface area contributed by atoms with Crippen molar-refractivity contribution in [3.05, 3.63) is 66.2 Å². The number of pyridine rings is 1. The molecule has 10 nitrogen and oxygen atoms in total. The number of anilines is 1. The molecule has 2 N–H and O–H groups in total. The Morgan fingerprint density at radius 1 is 1.18 bits per heavy atom. The summed E-state index contributed by atoms with van der Waals surface area (Å²) in [6.45, 7) is 0.155. The molecule has 3 aromatic heterocycles. The van der Waals surface area contributed by atoms with E-state index in [0.29, 0.717) is 28.9 Å². The topological polar surface area (TPSA) is 115 Å². The molecule has 0 atom stereocenters. The average Bonchev–Trinajstić information content (AvgIpc) is 3.45. The molecule has 1 aliphatic rings. The molecular formula is C24H24N6O4. The summed E-state index contributed by atoms with van der Waals surface area (Å²) in [6, 6.07) is 12.3. The van der Waals surface area contributed by atoms with Gasteiger partial charge in [-0.15, -0.1) is 0 Å². The number of carbonyl (C=O) groups is 2. The highest BCUT2D eigenvalue weighted by molar-refractivity contribution is 5.98. The molecule has 1 saturated carbocycles. The Labute approximate surface area is 195 Å². The zero-order chi connectivity index (χ0) is 23.8. The first-order valence-corrected chi connectivity index (χ1v) is 10.9. The largest absolute Gasteiger partial charge is 0.465 e. The van der Waals surface area contributed by atoms with Crippen LogP contribution in [0.15, 0.2) is 54.9 Å². The Bertz CT molecular complexity index is 1390. The van der Waals surface area contributed by atoms with Crippen LogP contribution >= 0.6 is 0 Å². The second kappa shape index (κ2) is 8.54. The molecule has 4 aromatic rings. The van der Waals surface area contributed by atoms with Crippen LogP contribution in [0.2, 0.25) is 0 Å². The summed E-state index contributed by atoms with van der Waals surface area (Å²) in [4.78, 5) is 29.2. The number of hydrogen-bond donors (Lipinski definition) is 2. The van der Waals surface area contributed by atoms with E-state index in [9.17, 15) is 9.59 Å². The molecule has 2 amide bonds. The fourth-order valence-corrected chi connectivity index (χ4v) is 3.89. The van der Waals surface area contributed by atoms with Crippen molar-refractivity contribution < 1.29 is 19.4 Å². The maximum Gasteiger partial charge on any atom is 0.407 e. The Balaban J connectivity index is 1.30. The van der Waals surface area contributed by atoms with E-state index >= 15 is 0 Å². The predicted octanol–water partition coefficient (Wildman–Crippen LogP) is 4.63. The number of ether oxygens (including phenoxy) is 1. The first kappa shape index (κ1) is 21.5. The lowest BCUT2D eigenvalue weighted by molar-refractivity contribution is 0.153. The molecule has 174 valence electrons. The fraction of sp³-hybridized carbons (Fsp3) is 0.250. The van der Waals surface area contributed by atoms with Gasteiger partial charge in [0, 0.05) is 55.6 Å². The molecule has 1 aromatic carbocycles. The number of amides is 2. The van der Waals surface area contributed by atoms with Gasteiger partial charge in [0.25, 0.3) is 0 Å². The zero-order valence-electron chi connectivity index (χ0n) is 18.8. The van der Waals surface area contributed by atoms with Crippen molar-refractivity contribution in [1.82, 2.24) is 24.2 Å². The molecule has 5 rings (SSSR count). The van der Waals surface area contributed by atoms with Crippen molar-refractivity contribution in [2.75, 3.05) is 12.4 Å². The second-order valence-electron chi connectivity index (χ2n) is 8.41. The molecule has 10 heteroatoms. The van der Waals surface area contributed by atoms with Crippen LogP contribution in [0.4, 0.5) is 15.4 Å². The summed E-state index contributed by atoms with van der Waals surface area (Å²) in [5.74, 6) is 2.22. The SMILES string of the molecule is CN(Cc1cc(Oc2ccc3c(ccn3C(=O)Nc3cc(C4CC4)n(C)n3)c2)ccn1)C(=O)O. The molecule has 0 spiro atoms. The third-order valence-electron chi connectivity index (χ3n) is 5.78. The highest BCUT2D eigenvalue weighted by atomic mass is 16.5. The normalized spacial score (nSPS) is 13.1. The van der Waals surface area contributed by atoms with Gasteiger partial charge in [0.05, 0.1) is 17.8 Å². The highest BCUT2D eigenvalue weighted by Gasteiger charge is 2.27. The van der Waals surface area contributed by atoms with E-state index in [1.807, 2.05) is 36.0 Å². The van der Waals surface area contributed by atoms with Gasteiger partial charge >= 0.3 is 12.1 Å². The monoisotopic (exact) mass is 460 g/mol. The fourth-order valence-electron chi connectivity index (χ4n) is 3.89. The molecule has 3 heterocycles. The molecule has 1 aliphatic carbocycles. The Morgan fingerprint density at radius 2 is 1.97 bits per heavy atom. The van der Waals surface area contributed by atoms with E-state index in [2.05, 4.69) is 15.4 Å². The number of benzene rings is 1. The Morgan fingerprint density at radius 3 is 2.74 bits per heavy atom. The lowest BCUT2D eigenvalue weighted by Gasteiger charge is -2.13. The smallest absolute Gasteiger partial charge is 0.407 e. The van der Waals surface area contributed by atoms with Crippen molar-refractivity contribution in [1.29, 1.82) is 0 Å². The van der Waals surface area contributed by atoms with Crippen LogP contribution < -0.4 is 10.1 Å². The Hall–Kier alpha value is -4.34. The van der Waals surface area contributed by atoms with E-state index in [0.717, 1.165) is 21.5 Å². The highest BCUT2D eigenvalue weighted by Crippen LogP contribution is 2.40. The first-order valence-electron chi connectivity index (χ1n) is 10.9. The maximum atomic E-state index is 12.9. The van der Waals surface area contributed by atoms with Crippen LogP contribution in [0.25, 0.3) is 10.9 Å². The summed E-state index contributed by atoms with van der Waals surface area (Å²) in [5, 5.41) is 17.2. The quantitative estimate of drug-likeness (QED) is 0.434. The molecule has 0 bridgehead atoms. The third kappa shape index (κ3) is 4.42. The van der Waals surface area contributed by atoms with Gasteiger partial charge in [0.1, 0.15) is 11.5 Å². The van der Waals surface area contributed by atoms with Gasteiger partial charge in [-0.1, -0.05) is 0 Å². The van der Waals surface area contributed by atoms with Crippen LogP contribution in [0.5, 0.6) is 11.5 Å². The zero-order valence-corrected chi connectivity index (χ0v) is 18.8. The summed E-state index contributed by atoms with van der Waals surface area (Å²) in [5.41, 5.74) is 2.45. The average molecular weight is 460 g/mol. The van der Waals surface area contributed by atoms with E-state index in [1.165, 1.54) is 24.5 Å². The number of nitrogens with zero attached hydrogens (tertiary/aromatic N) is 5. The van der Waals surface area contributed by atoms with Gasteiger partial charge in [-0.3, -0.25) is 19.5 Å². The number of fused-ring (bicyclic) bond motifs is 1. The van der Waals surface area contributed by atoms with Crippen molar-refractivity contribution in [3.8, 4) is 11.5 Å². The number of carbonyl (C=O) groups excluding carboxylic acids is 1. The van der Waals surface area contributed by atoms with Crippen LogP contribution in [-0.2, 0) is 13.6 Å². The van der Waals surface area contributed by atoms with Crippen molar-refractivity contribution in [2.45, 2.75) is 25.3 Å². The summed E-state index contributed by atoms with van der Waals surface area (Å²) >= 11 is 0. The molecule has 0 aliphatic heterocycles. The molecule has 34 heavy (non-hydrogen) atoms. The van der Waals surface area contributed by atoms with Gasteiger partial charge in [-0.05, 0) is 43.2 Å². The van der Waals surface area contributed by atoms with E-state index in [4.69, 9.17) is 9.84 Å². The minimum atomic E-state index is -1.03. The number of aromatic nitrogens is 4. The van der Waals surface area contributed by atoms with Crippen LogP contribution in [0.3, 0.4) is 0 Å².